The minimum Gasteiger partial charge on any atom is -0.469 e. The van der Waals surface area contributed by atoms with Crippen molar-refractivity contribution in [2.75, 3.05) is 26.9 Å². The lowest BCUT2D eigenvalue weighted by Gasteiger charge is -2.11. The molecule has 0 spiro atoms. The van der Waals surface area contributed by atoms with Crippen molar-refractivity contribution in [2.45, 2.75) is 32.7 Å². The van der Waals surface area contributed by atoms with Gasteiger partial charge in [0.1, 0.15) is 0 Å². The molecule has 0 rings (SSSR count). The van der Waals surface area contributed by atoms with Crippen LogP contribution in [-0.4, -0.2) is 38.9 Å². The average Bonchev–Trinajstić information content (AvgIpc) is 2.17. The van der Waals surface area contributed by atoms with Crippen LogP contribution >= 0.6 is 0 Å². The first kappa shape index (κ1) is 13.4. The summed E-state index contributed by atoms with van der Waals surface area (Å²) in [6.45, 7) is 6.36. The van der Waals surface area contributed by atoms with E-state index in [1.165, 1.54) is 7.11 Å². The molecule has 0 heterocycles. The number of hydrogen-bond acceptors (Lipinski definition) is 4. The van der Waals surface area contributed by atoms with E-state index in [9.17, 15) is 4.79 Å². The number of esters is 1. The van der Waals surface area contributed by atoms with Gasteiger partial charge in [-0.2, -0.15) is 0 Å². The van der Waals surface area contributed by atoms with E-state index >= 15 is 0 Å². The molecule has 0 aromatic rings. The molecule has 84 valence electrons. The van der Waals surface area contributed by atoms with Crippen molar-refractivity contribution in [1.82, 2.24) is 5.32 Å². The lowest BCUT2D eigenvalue weighted by molar-refractivity contribution is -0.141. The Bertz CT molecular complexity index is 150. The Morgan fingerprint density at radius 2 is 2.21 bits per heavy atom. The van der Waals surface area contributed by atoms with Crippen molar-refractivity contribution in [3.05, 3.63) is 0 Å². The monoisotopic (exact) mass is 203 g/mol. The lowest BCUT2D eigenvalue weighted by Crippen LogP contribution is -2.30. The van der Waals surface area contributed by atoms with Crippen LogP contribution in [-0.2, 0) is 14.3 Å². The minimum atomic E-state index is -0.171. The van der Waals surface area contributed by atoms with Crippen LogP contribution in [0, 0.1) is 0 Å². The smallest absolute Gasteiger partial charge is 0.307 e. The number of carbonyl (C=O) groups excluding carboxylic acids is 1. The molecule has 0 radical (unpaired) electrons. The van der Waals surface area contributed by atoms with Crippen LogP contribution in [0.15, 0.2) is 0 Å². The number of rotatable bonds is 8. The molecular weight excluding hydrogens is 182 g/mol. The largest absolute Gasteiger partial charge is 0.469 e. The quantitative estimate of drug-likeness (QED) is 0.471. The molecule has 0 aromatic carbocycles. The Balaban J connectivity index is 3.26. The van der Waals surface area contributed by atoms with Gasteiger partial charge in [0.05, 0.1) is 13.5 Å². The highest BCUT2D eigenvalue weighted by Gasteiger charge is 2.07. The molecule has 0 saturated carbocycles. The van der Waals surface area contributed by atoms with Crippen molar-refractivity contribution in [3.63, 3.8) is 0 Å². The van der Waals surface area contributed by atoms with Crippen LogP contribution < -0.4 is 5.32 Å². The van der Waals surface area contributed by atoms with E-state index < -0.39 is 0 Å². The maximum absolute atomic E-state index is 10.9. The molecule has 1 N–H and O–H groups in total. The van der Waals surface area contributed by atoms with Gasteiger partial charge < -0.3 is 14.8 Å². The van der Waals surface area contributed by atoms with E-state index in [0.29, 0.717) is 6.42 Å². The first-order valence-corrected chi connectivity index (χ1v) is 5.08. The Morgan fingerprint density at radius 3 is 2.79 bits per heavy atom. The second-order valence-electron chi connectivity index (χ2n) is 3.19. The minimum absolute atomic E-state index is 0.170. The van der Waals surface area contributed by atoms with Crippen molar-refractivity contribution < 1.29 is 14.3 Å². The zero-order valence-corrected chi connectivity index (χ0v) is 9.34. The SMILES string of the molecule is CCOCCCNC(C)CC(=O)OC. The van der Waals surface area contributed by atoms with Crippen molar-refractivity contribution >= 4 is 5.97 Å². The summed E-state index contributed by atoms with van der Waals surface area (Å²) in [5.41, 5.74) is 0. The number of nitrogens with one attached hydrogen (secondary N) is 1. The highest BCUT2D eigenvalue weighted by molar-refractivity contribution is 5.69. The van der Waals surface area contributed by atoms with Gasteiger partial charge in [0.2, 0.25) is 0 Å². The maximum atomic E-state index is 10.9. The van der Waals surface area contributed by atoms with Crippen LogP contribution in [0.5, 0.6) is 0 Å². The molecule has 0 fully saturated rings. The highest BCUT2D eigenvalue weighted by atomic mass is 16.5. The van der Waals surface area contributed by atoms with E-state index in [2.05, 4.69) is 10.1 Å². The van der Waals surface area contributed by atoms with Gasteiger partial charge in [0.15, 0.2) is 0 Å². The van der Waals surface area contributed by atoms with E-state index in [1.807, 2.05) is 13.8 Å². The van der Waals surface area contributed by atoms with Crippen LogP contribution in [0.4, 0.5) is 0 Å². The summed E-state index contributed by atoms with van der Waals surface area (Å²) in [5, 5.41) is 3.23. The molecule has 0 aliphatic rings. The third-order valence-corrected chi connectivity index (χ3v) is 1.86. The zero-order chi connectivity index (χ0) is 10.8. The summed E-state index contributed by atoms with van der Waals surface area (Å²) < 4.78 is 9.75. The van der Waals surface area contributed by atoms with E-state index in [4.69, 9.17) is 4.74 Å². The summed E-state index contributed by atoms with van der Waals surface area (Å²) in [7, 11) is 1.41. The molecule has 4 nitrogen and oxygen atoms in total. The van der Waals surface area contributed by atoms with Crippen LogP contribution in [0.25, 0.3) is 0 Å². The van der Waals surface area contributed by atoms with Crippen molar-refractivity contribution in [2.24, 2.45) is 0 Å². The molecule has 1 atom stereocenters. The van der Waals surface area contributed by atoms with Gasteiger partial charge in [-0.3, -0.25) is 4.79 Å². The van der Waals surface area contributed by atoms with Crippen molar-refractivity contribution in [3.8, 4) is 0 Å². The fourth-order valence-electron chi connectivity index (χ4n) is 1.07. The van der Waals surface area contributed by atoms with Crippen LogP contribution in [0.1, 0.15) is 26.7 Å². The Morgan fingerprint density at radius 1 is 1.50 bits per heavy atom. The normalized spacial score (nSPS) is 12.5. The summed E-state index contributed by atoms with van der Waals surface area (Å²) in [4.78, 5) is 10.9. The predicted octanol–water partition coefficient (Wildman–Crippen LogP) is 0.954. The first-order valence-electron chi connectivity index (χ1n) is 5.08. The molecule has 1 unspecified atom stereocenters. The Kier molecular flexibility index (Phi) is 8.57. The lowest BCUT2D eigenvalue weighted by atomic mass is 10.2. The van der Waals surface area contributed by atoms with Gasteiger partial charge in [-0.15, -0.1) is 0 Å². The highest BCUT2D eigenvalue weighted by Crippen LogP contribution is 1.93. The summed E-state index contributed by atoms with van der Waals surface area (Å²) in [6.07, 6.45) is 1.39. The van der Waals surface area contributed by atoms with Gasteiger partial charge in [0.25, 0.3) is 0 Å². The first-order chi connectivity index (χ1) is 6.70. The Hall–Kier alpha value is -0.610. The molecule has 0 aliphatic carbocycles. The maximum Gasteiger partial charge on any atom is 0.307 e. The molecule has 0 aliphatic heterocycles. The second-order valence-corrected chi connectivity index (χ2v) is 3.19. The fourth-order valence-corrected chi connectivity index (χ4v) is 1.07. The Labute approximate surface area is 86.0 Å². The zero-order valence-electron chi connectivity index (χ0n) is 9.34. The van der Waals surface area contributed by atoms with Gasteiger partial charge in [-0.05, 0) is 26.8 Å². The number of ether oxygens (including phenoxy) is 2. The predicted molar refractivity (Wildman–Crippen MR) is 55.2 cm³/mol. The summed E-state index contributed by atoms with van der Waals surface area (Å²) >= 11 is 0. The second kappa shape index (κ2) is 8.97. The van der Waals surface area contributed by atoms with E-state index in [0.717, 1.165) is 26.2 Å². The number of hydrogen-bond donors (Lipinski definition) is 1. The van der Waals surface area contributed by atoms with Crippen molar-refractivity contribution in [1.29, 1.82) is 0 Å². The molecule has 0 bridgehead atoms. The third kappa shape index (κ3) is 8.01. The van der Waals surface area contributed by atoms with E-state index in [-0.39, 0.29) is 12.0 Å². The van der Waals surface area contributed by atoms with Gasteiger partial charge >= 0.3 is 5.97 Å². The van der Waals surface area contributed by atoms with E-state index in [1.54, 1.807) is 0 Å². The van der Waals surface area contributed by atoms with Crippen LogP contribution in [0.2, 0.25) is 0 Å². The van der Waals surface area contributed by atoms with Gasteiger partial charge in [-0.1, -0.05) is 0 Å². The molecule has 14 heavy (non-hydrogen) atoms. The fraction of sp³-hybridized carbons (Fsp3) is 0.900. The topological polar surface area (TPSA) is 47.6 Å². The molecule has 4 heteroatoms. The summed E-state index contributed by atoms with van der Waals surface area (Å²) in [5.74, 6) is -0.171. The van der Waals surface area contributed by atoms with Gasteiger partial charge in [-0.25, -0.2) is 0 Å². The third-order valence-electron chi connectivity index (χ3n) is 1.86. The average molecular weight is 203 g/mol. The van der Waals surface area contributed by atoms with Gasteiger partial charge in [0, 0.05) is 19.3 Å². The molecular formula is C10H21NO3. The number of carbonyl (C=O) groups is 1. The molecule has 0 aromatic heterocycles. The standard InChI is InChI=1S/C10H21NO3/c1-4-14-7-5-6-11-9(2)8-10(12)13-3/h9,11H,4-8H2,1-3H3. The summed E-state index contributed by atoms with van der Waals surface area (Å²) in [6, 6.07) is 0.170. The molecule has 0 amide bonds. The molecule has 0 saturated heterocycles. The van der Waals surface area contributed by atoms with Crippen LogP contribution in [0.3, 0.4) is 0 Å². The number of methoxy groups -OCH3 is 1.